The monoisotopic (exact) mass is 469 g/mol. The van der Waals surface area contributed by atoms with Crippen LogP contribution < -0.4 is 5.73 Å². The third-order valence-electron chi connectivity index (χ3n) is 13.8. The number of rotatable bonds is 2. The Hall–Kier alpha value is -0.830. The molecule has 0 aromatic rings. The average molecular weight is 470 g/mol. The van der Waals surface area contributed by atoms with Crippen LogP contribution in [0.15, 0.2) is 12.2 Å². The number of allylic oxidation sites excluding steroid dienone is 1. The van der Waals surface area contributed by atoms with Crippen molar-refractivity contribution in [1.82, 2.24) is 0 Å². The maximum absolute atomic E-state index is 13.4. The Bertz CT molecular complexity index is 879. The first-order valence-corrected chi connectivity index (χ1v) is 14.3. The van der Waals surface area contributed by atoms with Crippen LogP contribution in [-0.2, 0) is 9.53 Å². The Labute approximate surface area is 209 Å². The predicted molar refractivity (Wildman–Crippen MR) is 139 cm³/mol. The molecule has 0 aliphatic heterocycles. The lowest BCUT2D eigenvalue weighted by atomic mass is 9.32. The third kappa shape index (κ3) is 2.83. The topological polar surface area (TPSA) is 52.3 Å². The fourth-order valence-corrected chi connectivity index (χ4v) is 11.7. The number of fused-ring (bicyclic) bond motifs is 7. The summed E-state index contributed by atoms with van der Waals surface area (Å²) in [5.74, 6) is 2.98. The highest BCUT2D eigenvalue weighted by Gasteiger charge is 2.72. The van der Waals surface area contributed by atoms with Gasteiger partial charge in [-0.15, -0.1) is 0 Å². The highest BCUT2D eigenvalue weighted by Crippen LogP contribution is 2.77. The smallest absolute Gasteiger partial charge is 0.312 e. The lowest BCUT2D eigenvalue weighted by Crippen LogP contribution is -2.67. The second kappa shape index (κ2) is 7.59. The van der Waals surface area contributed by atoms with Gasteiger partial charge >= 0.3 is 5.97 Å². The molecule has 0 aromatic carbocycles. The molecule has 3 heteroatoms. The van der Waals surface area contributed by atoms with Crippen molar-refractivity contribution in [1.29, 1.82) is 0 Å². The second-order valence-corrected chi connectivity index (χ2v) is 14.8. The molecule has 0 amide bonds. The Morgan fingerprint density at radius 3 is 2.21 bits per heavy atom. The summed E-state index contributed by atoms with van der Waals surface area (Å²) >= 11 is 0. The number of carbonyl (C=O) groups excluding carboxylic acids is 1. The number of carbonyl (C=O) groups is 1. The van der Waals surface area contributed by atoms with Crippen LogP contribution in [0, 0.1) is 56.7 Å². The number of esters is 1. The Balaban J connectivity index is 1.56. The van der Waals surface area contributed by atoms with Gasteiger partial charge in [0, 0.05) is 6.04 Å². The van der Waals surface area contributed by atoms with Crippen LogP contribution in [0.4, 0.5) is 0 Å². The lowest BCUT2D eigenvalue weighted by Gasteiger charge is -2.72. The van der Waals surface area contributed by atoms with E-state index < -0.39 is 0 Å². The highest BCUT2D eigenvalue weighted by molar-refractivity contribution is 5.78. The molecule has 192 valence electrons. The van der Waals surface area contributed by atoms with Crippen molar-refractivity contribution >= 4 is 5.97 Å². The van der Waals surface area contributed by atoms with Crippen molar-refractivity contribution in [3.05, 3.63) is 12.2 Å². The van der Waals surface area contributed by atoms with E-state index in [9.17, 15) is 4.79 Å². The number of nitrogens with two attached hydrogens (primary N) is 1. The van der Waals surface area contributed by atoms with E-state index in [-0.39, 0.29) is 22.2 Å². The molecule has 10 atom stereocenters. The van der Waals surface area contributed by atoms with E-state index in [4.69, 9.17) is 10.5 Å². The fraction of sp³-hybridized carbons (Fsp3) is 0.903. The molecular formula is C31H51NO2. The quantitative estimate of drug-likeness (QED) is 0.345. The van der Waals surface area contributed by atoms with Crippen molar-refractivity contribution in [3.63, 3.8) is 0 Å². The van der Waals surface area contributed by atoms with Crippen molar-refractivity contribution in [3.8, 4) is 0 Å². The number of hydrogen-bond acceptors (Lipinski definition) is 3. The van der Waals surface area contributed by atoms with Crippen LogP contribution in [0.3, 0.4) is 0 Å². The maximum atomic E-state index is 13.4. The van der Waals surface area contributed by atoms with Gasteiger partial charge in [-0.1, -0.05) is 46.8 Å². The molecule has 0 aromatic heterocycles. The Morgan fingerprint density at radius 1 is 0.853 bits per heavy atom. The van der Waals surface area contributed by atoms with Gasteiger partial charge in [0.2, 0.25) is 0 Å². The van der Waals surface area contributed by atoms with E-state index in [0.29, 0.717) is 34.6 Å². The number of ether oxygens (including phenoxy) is 1. The minimum atomic E-state index is -0.285. The number of hydrogen-bond donors (Lipinski definition) is 1. The molecule has 5 saturated carbocycles. The van der Waals surface area contributed by atoms with E-state index in [1.807, 2.05) is 0 Å². The summed E-state index contributed by atoms with van der Waals surface area (Å²) in [4.78, 5) is 13.4. The molecule has 5 aliphatic rings. The first-order valence-electron chi connectivity index (χ1n) is 14.3. The molecule has 3 nitrogen and oxygen atoms in total. The van der Waals surface area contributed by atoms with Gasteiger partial charge in [-0.3, -0.25) is 4.79 Å². The van der Waals surface area contributed by atoms with Gasteiger partial charge in [-0.25, -0.2) is 0 Å². The summed E-state index contributed by atoms with van der Waals surface area (Å²) in [7, 11) is 1.60. The van der Waals surface area contributed by atoms with Crippen molar-refractivity contribution in [2.75, 3.05) is 7.11 Å². The van der Waals surface area contributed by atoms with E-state index in [0.717, 1.165) is 31.1 Å². The van der Waals surface area contributed by atoms with Gasteiger partial charge in [0.15, 0.2) is 0 Å². The van der Waals surface area contributed by atoms with Crippen LogP contribution >= 0.6 is 0 Å². The molecule has 5 aliphatic carbocycles. The molecule has 0 saturated heterocycles. The van der Waals surface area contributed by atoms with E-state index in [2.05, 4.69) is 48.1 Å². The third-order valence-corrected chi connectivity index (χ3v) is 13.8. The van der Waals surface area contributed by atoms with Crippen LogP contribution in [0.2, 0.25) is 0 Å². The Kier molecular flexibility index (Phi) is 5.55. The normalized spacial score (nSPS) is 53.6. The molecular weight excluding hydrogens is 418 g/mol. The summed E-state index contributed by atoms with van der Waals surface area (Å²) in [5.41, 5.74) is 8.90. The molecule has 0 bridgehead atoms. The fourth-order valence-electron chi connectivity index (χ4n) is 11.7. The molecule has 34 heavy (non-hydrogen) atoms. The molecule has 0 spiro atoms. The Morgan fingerprint density at radius 2 is 1.56 bits per heavy atom. The summed E-state index contributed by atoms with van der Waals surface area (Å²) in [6, 6.07) is 0.326. The first kappa shape index (κ1) is 24.8. The summed E-state index contributed by atoms with van der Waals surface area (Å²) < 4.78 is 5.51. The standard InChI is InChI=1S/C31H51NO2/c1-19(2)20-11-16-31(26(33)34-8)18-17-29(6)21(25(20)31)9-10-23-28(5)14-13-24(32)27(3,4)22(28)12-15-30(23,29)7/h20-25H,1,9-18,32H2,2-8H3/t20-,21?,22?,23?,24+,25?,28-,29+,30+,31-/m0/s1. The maximum Gasteiger partial charge on any atom is 0.312 e. The zero-order valence-electron chi connectivity index (χ0n) is 23.1. The van der Waals surface area contributed by atoms with E-state index in [1.54, 1.807) is 7.11 Å². The largest absolute Gasteiger partial charge is 0.469 e. The van der Waals surface area contributed by atoms with Gasteiger partial charge in [-0.05, 0) is 122 Å². The summed E-state index contributed by atoms with van der Waals surface area (Å²) in [6.45, 7) is 19.5. The van der Waals surface area contributed by atoms with Crippen LogP contribution in [0.25, 0.3) is 0 Å². The second-order valence-electron chi connectivity index (χ2n) is 14.8. The highest BCUT2D eigenvalue weighted by atomic mass is 16.5. The SMILES string of the molecule is C=C(C)[C@@H]1CC[C@]2(C(=O)OC)CC[C@]3(C)C(CCC4[C@@]5(C)CC[C@@H](N)C(C)(C)C5CC[C@]43C)C12. The van der Waals surface area contributed by atoms with E-state index >= 15 is 0 Å². The molecule has 5 fully saturated rings. The zero-order chi connectivity index (χ0) is 24.9. The van der Waals surface area contributed by atoms with Crippen molar-refractivity contribution in [2.24, 2.45) is 62.4 Å². The van der Waals surface area contributed by atoms with E-state index in [1.165, 1.54) is 50.5 Å². The van der Waals surface area contributed by atoms with Gasteiger partial charge in [-0.2, -0.15) is 0 Å². The van der Waals surface area contributed by atoms with Gasteiger partial charge < -0.3 is 10.5 Å². The van der Waals surface area contributed by atoms with Gasteiger partial charge in [0.05, 0.1) is 12.5 Å². The minimum Gasteiger partial charge on any atom is -0.469 e. The van der Waals surface area contributed by atoms with Crippen LogP contribution in [-0.4, -0.2) is 19.1 Å². The molecule has 5 rings (SSSR count). The molecule has 0 radical (unpaired) electrons. The summed E-state index contributed by atoms with van der Waals surface area (Å²) in [6.07, 6.45) is 11.9. The molecule has 2 N–H and O–H groups in total. The van der Waals surface area contributed by atoms with Gasteiger partial charge in [0.25, 0.3) is 0 Å². The van der Waals surface area contributed by atoms with Crippen LogP contribution in [0.1, 0.15) is 106 Å². The van der Waals surface area contributed by atoms with Crippen molar-refractivity contribution in [2.45, 2.75) is 112 Å². The molecule has 4 unspecified atom stereocenters. The van der Waals surface area contributed by atoms with Gasteiger partial charge in [0.1, 0.15) is 0 Å². The van der Waals surface area contributed by atoms with Crippen LogP contribution in [0.5, 0.6) is 0 Å². The summed E-state index contributed by atoms with van der Waals surface area (Å²) in [5, 5.41) is 0. The van der Waals surface area contributed by atoms with Crippen molar-refractivity contribution < 1.29 is 9.53 Å². The molecule has 0 heterocycles. The lowest BCUT2D eigenvalue weighted by molar-refractivity contribution is -0.239. The average Bonchev–Trinajstić information content (AvgIpc) is 3.18. The zero-order valence-corrected chi connectivity index (χ0v) is 23.1. The first-order chi connectivity index (χ1) is 15.8. The minimum absolute atomic E-state index is 0.0641. The predicted octanol–water partition coefficient (Wildman–Crippen LogP) is 7.14. The number of methoxy groups -OCH3 is 1.